The minimum absolute atomic E-state index is 0.0192. The zero-order valence-electron chi connectivity index (χ0n) is 12.5. The molecule has 4 heteroatoms. The van der Waals surface area contributed by atoms with Gasteiger partial charge in [-0.15, -0.1) is 0 Å². The molecule has 0 radical (unpaired) electrons. The smallest absolute Gasteiger partial charge is 0.239 e. The molecule has 0 fully saturated rings. The monoisotopic (exact) mass is 306 g/mol. The van der Waals surface area contributed by atoms with Crippen LogP contribution in [0.3, 0.4) is 0 Å². The van der Waals surface area contributed by atoms with Crippen molar-refractivity contribution < 1.29 is 4.79 Å². The Bertz CT molecular complexity index is 526. The molecule has 0 saturated heterocycles. The zero-order valence-corrected chi connectivity index (χ0v) is 13.3. The molecular formula is C17H23ClN2O. The summed E-state index contributed by atoms with van der Waals surface area (Å²) in [5.41, 5.74) is 3.37. The van der Waals surface area contributed by atoms with Gasteiger partial charge in [-0.2, -0.15) is 0 Å². The third kappa shape index (κ3) is 5.09. The van der Waals surface area contributed by atoms with Crippen molar-refractivity contribution in [2.75, 3.05) is 18.4 Å². The Morgan fingerprint density at radius 3 is 2.95 bits per heavy atom. The molecule has 0 aliphatic heterocycles. The van der Waals surface area contributed by atoms with Gasteiger partial charge in [0, 0.05) is 17.3 Å². The van der Waals surface area contributed by atoms with E-state index in [4.69, 9.17) is 11.6 Å². The summed E-state index contributed by atoms with van der Waals surface area (Å²) in [6.45, 7) is 2.94. The van der Waals surface area contributed by atoms with E-state index in [1.807, 2.05) is 25.1 Å². The molecule has 1 aliphatic carbocycles. The van der Waals surface area contributed by atoms with E-state index in [9.17, 15) is 4.79 Å². The number of nitrogens with one attached hydrogen (secondary N) is 2. The number of benzene rings is 1. The molecule has 1 aromatic carbocycles. The Morgan fingerprint density at radius 2 is 2.19 bits per heavy atom. The fraction of sp³-hybridized carbons (Fsp3) is 0.471. The first-order valence-electron chi connectivity index (χ1n) is 7.60. The van der Waals surface area contributed by atoms with Crippen LogP contribution in [0.4, 0.5) is 5.69 Å². The molecule has 1 aromatic rings. The lowest BCUT2D eigenvalue weighted by Crippen LogP contribution is -2.31. The first kappa shape index (κ1) is 15.9. The average molecular weight is 307 g/mol. The molecule has 0 heterocycles. The van der Waals surface area contributed by atoms with Gasteiger partial charge in [-0.1, -0.05) is 29.3 Å². The fourth-order valence-electron chi connectivity index (χ4n) is 2.53. The molecule has 0 unspecified atom stereocenters. The molecule has 0 saturated carbocycles. The molecule has 114 valence electrons. The number of anilines is 1. The normalized spacial score (nSPS) is 14.5. The van der Waals surface area contributed by atoms with Crippen LogP contribution in [0.15, 0.2) is 29.8 Å². The van der Waals surface area contributed by atoms with Crippen LogP contribution in [0.2, 0.25) is 5.02 Å². The van der Waals surface area contributed by atoms with Gasteiger partial charge in [0.2, 0.25) is 5.91 Å². The highest BCUT2D eigenvalue weighted by atomic mass is 35.5. The summed E-state index contributed by atoms with van der Waals surface area (Å²) in [5.74, 6) is 0.0192. The Labute approximate surface area is 131 Å². The number of allylic oxidation sites excluding steroid dienone is 1. The lowest BCUT2D eigenvalue weighted by molar-refractivity contribution is -0.119. The first-order chi connectivity index (χ1) is 10.2. The lowest BCUT2D eigenvalue weighted by atomic mass is 9.97. The van der Waals surface area contributed by atoms with Crippen LogP contribution in [-0.4, -0.2) is 19.0 Å². The first-order valence-corrected chi connectivity index (χ1v) is 7.98. The van der Waals surface area contributed by atoms with E-state index >= 15 is 0 Å². The fourth-order valence-corrected chi connectivity index (χ4v) is 2.71. The summed E-state index contributed by atoms with van der Waals surface area (Å²) in [6, 6.07) is 5.66. The summed E-state index contributed by atoms with van der Waals surface area (Å²) in [5, 5.41) is 6.80. The Kier molecular flexibility index (Phi) is 6.12. The molecule has 1 aliphatic rings. The highest BCUT2D eigenvalue weighted by molar-refractivity contribution is 6.31. The van der Waals surface area contributed by atoms with Gasteiger partial charge in [-0.3, -0.25) is 4.79 Å². The molecule has 0 spiro atoms. The van der Waals surface area contributed by atoms with Crippen molar-refractivity contribution in [1.29, 1.82) is 0 Å². The summed E-state index contributed by atoms with van der Waals surface area (Å²) < 4.78 is 0. The van der Waals surface area contributed by atoms with Crippen LogP contribution in [0.25, 0.3) is 0 Å². The topological polar surface area (TPSA) is 41.1 Å². The minimum Gasteiger partial charge on any atom is -0.376 e. The summed E-state index contributed by atoms with van der Waals surface area (Å²) in [7, 11) is 0. The van der Waals surface area contributed by atoms with Gasteiger partial charge in [0.15, 0.2) is 0 Å². The maximum Gasteiger partial charge on any atom is 0.239 e. The second-order valence-corrected chi connectivity index (χ2v) is 5.88. The van der Waals surface area contributed by atoms with Crippen molar-refractivity contribution in [1.82, 2.24) is 5.32 Å². The van der Waals surface area contributed by atoms with Gasteiger partial charge in [0.1, 0.15) is 0 Å². The van der Waals surface area contributed by atoms with E-state index in [2.05, 4.69) is 16.7 Å². The van der Waals surface area contributed by atoms with Crippen LogP contribution in [0.5, 0.6) is 0 Å². The highest BCUT2D eigenvalue weighted by Crippen LogP contribution is 2.22. The van der Waals surface area contributed by atoms with Crippen molar-refractivity contribution in [3.05, 3.63) is 40.4 Å². The predicted octanol–water partition coefficient (Wildman–Crippen LogP) is 4.07. The maximum absolute atomic E-state index is 11.8. The van der Waals surface area contributed by atoms with Crippen molar-refractivity contribution in [3.63, 3.8) is 0 Å². The van der Waals surface area contributed by atoms with Crippen LogP contribution in [0, 0.1) is 6.92 Å². The van der Waals surface area contributed by atoms with E-state index in [0.29, 0.717) is 5.02 Å². The van der Waals surface area contributed by atoms with Crippen LogP contribution in [0.1, 0.15) is 37.7 Å². The summed E-state index contributed by atoms with van der Waals surface area (Å²) in [4.78, 5) is 11.8. The van der Waals surface area contributed by atoms with E-state index in [-0.39, 0.29) is 12.5 Å². The molecule has 3 nitrogen and oxygen atoms in total. The van der Waals surface area contributed by atoms with E-state index in [1.54, 1.807) is 0 Å². The third-order valence-corrected chi connectivity index (χ3v) is 4.27. The molecular weight excluding hydrogens is 284 g/mol. The van der Waals surface area contributed by atoms with Gasteiger partial charge in [-0.05, 0) is 56.7 Å². The SMILES string of the molecule is Cc1c(Cl)cccc1NCC(=O)NCCC1=CCCCC1. The molecule has 2 rings (SSSR count). The molecule has 2 N–H and O–H groups in total. The van der Waals surface area contributed by atoms with Crippen LogP contribution in [-0.2, 0) is 4.79 Å². The van der Waals surface area contributed by atoms with Gasteiger partial charge in [0.05, 0.1) is 6.54 Å². The zero-order chi connectivity index (χ0) is 15.1. The number of carbonyl (C=O) groups is 1. The summed E-state index contributed by atoms with van der Waals surface area (Å²) in [6.07, 6.45) is 8.27. The molecule has 0 aromatic heterocycles. The van der Waals surface area contributed by atoms with Gasteiger partial charge >= 0.3 is 0 Å². The second kappa shape index (κ2) is 8.08. The Morgan fingerprint density at radius 1 is 1.33 bits per heavy atom. The van der Waals surface area contributed by atoms with E-state index in [0.717, 1.165) is 24.2 Å². The van der Waals surface area contributed by atoms with Gasteiger partial charge < -0.3 is 10.6 Å². The predicted molar refractivity (Wildman–Crippen MR) is 88.9 cm³/mol. The van der Waals surface area contributed by atoms with Crippen molar-refractivity contribution in [2.45, 2.75) is 39.0 Å². The molecule has 21 heavy (non-hydrogen) atoms. The number of rotatable bonds is 6. The van der Waals surface area contributed by atoms with E-state index in [1.165, 1.54) is 31.3 Å². The maximum atomic E-state index is 11.8. The van der Waals surface area contributed by atoms with Gasteiger partial charge in [-0.25, -0.2) is 0 Å². The van der Waals surface area contributed by atoms with Gasteiger partial charge in [0.25, 0.3) is 0 Å². The number of halogens is 1. The molecule has 0 atom stereocenters. The van der Waals surface area contributed by atoms with Crippen molar-refractivity contribution in [2.24, 2.45) is 0 Å². The quantitative estimate of drug-likeness (QED) is 0.778. The highest BCUT2D eigenvalue weighted by Gasteiger charge is 2.06. The average Bonchev–Trinajstić information content (AvgIpc) is 2.50. The lowest BCUT2D eigenvalue weighted by Gasteiger charge is -2.14. The summed E-state index contributed by atoms with van der Waals surface area (Å²) >= 11 is 6.05. The number of hydrogen-bond acceptors (Lipinski definition) is 2. The number of carbonyl (C=O) groups excluding carboxylic acids is 1. The van der Waals surface area contributed by atoms with Crippen LogP contribution < -0.4 is 10.6 Å². The van der Waals surface area contributed by atoms with Crippen molar-refractivity contribution >= 4 is 23.2 Å². The molecule has 0 bridgehead atoms. The Hall–Kier alpha value is -1.48. The molecule has 1 amide bonds. The second-order valence-electron chi connectivity index (χ2n) is 5.47. The number of amides is 1. The van der Waals surface area contributed by atoms with Crippen molar-refractivity contribution in [3.8, 4) is 0 Å². The standard InChI is InChI=1S/C17H23ClN2O/c1-13-15(18)8-5-9-16(13)20-12-17(21)19-11-10-14-6-3-2-4-7-14/h5-6,8-9,20H,2-4,7,10-12H2,1H3,(H,19,21). The van der Waals surface area contributed by atoms with E-state index < -0.39 is 0 Å². The third-order valence-electron chi connectivity index (χ3n) is 3.86. The number of hydrogen-bond donors (Lipinski definition) is 2. The largest absolute Gasteiger partial charge is 0.376 e. The van der Waals surface area contributed by atoms with Crippen LogP contribution >= 0.6 is 11.6 Å². The Balaban J connectivity index is 1.70. The minimum atomic E-state index is 0.0192.